The molecule has 7 nitrogen and oxygen atoms in total. The number of nitrogens with two attached hydrogens (primary N) is 1. The Bertz CT molecular complexity index is 474. The van der Waals surface area contributed by atoms with Crippen LogP contribution in [0.2, 0.25) is 0 Å². The van der Waals surface area contributed by atoms with E-state index in [-0.39, 0.29) is 11.8 Å². The van der Waals surface area contributed by atoms with Gasteiger partial charge < -0.3 is 20.6 Å². The quantitative estimate of drug-likeness (QED) is 0.711. The minimum absolute atomic E-state index is 0.194. The molecule has 2 aliphatic heterocycles. The van der Waals surface area contributed by atoms with Crippen LogP contribution in [-0.4, -0.2) is 75.9 Å². The number of thioether (sulfide) groups is 1. The number of rotatable bonds is 6. The highest BCUT2D eigenvalue weighted by molar-refractivity contribution is 7.98. The molecule has 2 rings (SSSR count). The lowest BCUT2D eigenvalue weighted by Crippen LogP contribution is -2.54. The summed E-state index contributed by atoms with van der Waals surface area (Å²) >= 11 is 1.63. The van der Waals surface area contributed by atoms with Crippen LogP contribution in [0.4, 0.5) is 0 Å². The SMILES string of the molecule is CSCC[C@H](N)C(=O)N1CCC[C@H]1C(=O)N1CCC[C@H]1C(=O)O. The summed E-state index contributed by atoms with van der Waals surface area (Å²) in [5.41, 5.74) is 5.95. The van der Waals surface area contributed by atoms with Crippen LogP contribution in [0.3, 0.4) is 0 Å². The maximum atomic E-state index is 12.7. The molecule has 2 fully saturated rings. The van der Waals surface area contributed by atoms with Gasteiger partial charge in [-0.05, 0) is 44.1 Å². The van der Waals surface area contributed by atoms with Crippen molar-refractivity contribution in [3.05, 3.63) is 0 Å². The first kappa shape index (κ1) is 18.1. The van der Waals surface area contributed by atoms with E-state index in [1.807, 2.05) is 6.26 Å². The second-order valence-corrected chi connectivity index (χ2v) is 7.09. The smallest absolute Gasteiger partial charge is 0.326 e. The summed E-state index contributed by atoms with van der Waals surface area (Å²) in [4.78, 5) is 39.5. The second kappa shape index (κ2) is 8.01. The van der Waals surface area contributed by atoms with Crippen molar-refractivity contribution in [2.45, 2.75) is 50.2 Å². The van der Waals surface area contributed by atoms with E-state index in [2.05, 4.69) is 0 Å². The van der Waals surface area contributed by atoms with Gasteiger partial charge in [0, 0.05) is 13.1 Å². The zero-order valence-corrected chi connectivity index (χ0v) is 14.3. The summed E-state index contributed by atoms with van der Waals surface area (Å²) in [5, 5.41) is 9.24. The molecule has 2 aliphatic rings. The lowest BCUT2D eigenvalue weighted by atomic mass is 10.1. The van der Waals surface area contributed by atoms with Crippen LogP contribution in [0.25, 0.3) is 0 Å². The van der Waals surface area contributed by atoms with Gasteiger partial charge in [-0.25, -0.2) is 4.79 Å². The number of likely N-dealkylation sites (tertiary alicyclic amines) is 2. The van der Waals surface area contributed by atoms with E-state index in [0.29, 0.717) is 38.8 Å². The summed E-state index contributed by atoms with van der Waals surface area (Å²) < 4.78 is 0. The summed E-state index contributed by atoms with van der Waals surface area (Å²) in [6.07, 6.45) is 5.05. The molecule has 2 saturated heterocycles. The molecule has 130 valence electrons. The summed E-state index contributed by atoms with van der Waals surface area (Å²) in [6, 6.07) is -1.90. The molecule has 8 heteroatoms. The van der Waals surface area contributed by atoms with E-state index in [1.54, 1.807) is 16.7 Å². The Morgan fingerprint density at radius 3 is 2.39 bits per heavy atom. The maximum absolute atomic E-state index is 12.7. The molecule has 0 aliphatic carbocycles. The molecule has 0 aromatic carbocycles. The van der Waals surface area contributed by atoms with Gasteiger partial charge in [-0.15, -0.1) is 0 Å². The van der Waals surface area contributed by atoms with Crippen molar-refractivity contribution < 1.29 is 19.5 Å². The number of carboxylic acids is 1. The fraction of sp³-hybridized carbons (Fsp3) is 0.800. The molecule has 2 amide bonds. The lowest BCUT2D eigenvalue weighted by Gasteiger charge is -2.31. The summed E-state index contributed by atoms with van der Waals surface area (Å²) in [7, 11) is 0. The van der Waals surface area contributed by atoms with E-state index in [4.69, 9.17) is 5.73 Å². The van der Waals surface area contributed by atoms with Crippen LogP contribution in [0.5, 0.6) is 0 Å². The Morgan fingerprint density at radius 1 is 1.17 bits per heavy atom. The first-order chi connectivity index (χ1) is 11.0. The number of carbonyl (C=O) groups excluding carboxylic acids is 2. The van der Waals surface area contributed by atoms with Gasteiger partial charge in [0.05, 0.1) is 6.04 Å². The van der Waals surface area contributed by atoms with Gasteiger partial charge in [0.25, 0.3) is 0 Å². The second-order valence-electron chi connectivity index (χ2n) is 6.11. The van der Waals surface area contributed by atoms with E-state index in [1.165, 1.54) is 4.90 Å². The van der Waals surface area contributed by atoms with Crippen molar-refractivity contribution in [2.75, 3.05) is 25.1 Å². The van der Waals surface area contributed by atoms with E-state index in [9.17, 15) is 19.5 Å². The molecule has 0 saturated carbocycles. The fourth-order valence-electron chi connectivity index (χ4n) is 3.35. The van der Waals surface area contributed by atoms with E-state index in [0.717, 1.165) is 12.2 Å². The molecule has 0 spiro atoms. The van der Waals surface area contributed by atoms with Gasteiger partial charge in [0.1, 0.15) is 12.1 Å². The van der Waals surface area contributed by atoms with Crippen LogP contribution >= 0.6 is 11.8 Å². The van der Waals surface area contributed by atoms with E-state index >= 15 is 0 Å². The van der Waals surface area contributed by atoms with Gasteiger partial charge in [-0.3, -0.25) is 9.59 Å². The molecule has 0 radical (unpaired) electrons. The van der Waals surface area contributed by atoms with Crippen molar-refractivity contribution in [3.8, 4) is 0 Å². The van der Waals surface area contributed by atoms with Crippen LogP contribution in [-0.2, 0) is 14.4 Å². The molecular weight excluding hydrogens is 318 g/mol. The van der Waals surface area contributed by atoms with Crippen molar-refractivity contribution >= 4 is 29.5 Å². The minimum Gasteiger partial charge on any atom is -0.480 e. The average molecular weight is 343 g/mol. The Balaban J connectivity index is 2.04. The van der Waals surface area contributed by atoms with Crippen LogP contribution in [0, 0.1) is 0 Å². The molecule has 0 bridgehead atoms. The number of nitrogens with zero attached hydrogens (tertiary/aromatic N) is 2. The Morgan fingerprint density at radius 2 is 1.78 bits per heavy atom. The zero-order valence-electron chi connectivity index (χ0n) is 13.4. The van der Waals surface area contributed by atoms with Gasteiger partial charge in [0.2, 0.25) is 11.8 Å². The van der Waals surface area contributed by atoms with Gasteiger partial charge in [-0.2, -0.15) is 11.8 Å². The first-order valence-electron chi connectivity index (χ1n) is 8.05. The van der Waals surface area contributed by atoms with Crippen LogP contribution in [0.15, 0.2) is 0 Å². The molecule has 0 aromatic heterocycles. The van der Waals surface area contributed by atoms with Gasteiger partial charge in [-0.1, -0.05) is 0 Å². The topological polar surface area (TPSA) is 104 Å². The van der Waals surface area contributed by atoms with E-state index < -0.39 is 24.1 Å². The molecular formula is C15H25N3O4S. The number of hydrogen-bond acceptors (Lipinski definition) is 5. The number of carboxylic acid groups (broad SMARTS) is 1. The zero-order chi connectivity index (χ0) is 17.0. The molecule has 3 N–H and O–H groups in total. The highest BCUT2D eigenvalue weighted by Gasteiger charge is 2.42. The highest BCUT2D eigenvalue weighted by Crippen LogP contribution is 2.25. The third-order valence-electron chi connectivity index (χ3n) is 4.59. The monoisotopic (exact) mass is 343 g/mol. The van der Waals surface area contributed by atoms with Crippen LogP contribution in [0.1, 0.15) is 32.1 Å². The predicted octanol–water partition coefficient (Wildman–Crippen LogP) is 0.133. The molecule has 2 heterocycles. The molecule has 3 atom stereocenters. The average Bonchev–Trinajstić information content (AvgIpc) is 3.19. The highest BCUT2D eigenvalue weighted by atomic mass is 32.2. The maximum Gasteiger partial charge on any atom is 0.326 e. The van der Waals surface area contributed by atoms with Gasteiger partial charge in [0.15, 0.2) is 0 Å². The molecule has 23 heavy (non-hydrogen) atoms. The molecule has 0 aromatic rings. The van der Waals surface area contributed by atoms with Crippen molar-refractivity contribution in [1.29, 1.82) is 0 Å². The number of carbonyl (C=O) groups is 3. The third-order valence-corrected chi connectivity index (χ3v) is 5.24. The first-order valence-corrected chi connectivity index (χ1v) is 9.45. The van der Waals surface area contributed by atoms with Crippen molar-refractivity contribution in [2.24, 2.45) is 5.73 Å². The van der Waals surface area contributed by atoms with Gasteiger partial charge >= 0.3 is 5.97 Å². The predicted molar refractivity (Wildman–Crippen MR) is 88.1 cm³/mol. The largest absolute Gasteiger partial charge is 0.480 e. The Kier molecular flexibility index (Phi) is 6.29. The normalized spacial score (nSPS) is 25.7. The minimum atomic E-state index is -0.969. The number of aliphatic carboxylic acids is 1. The summed E-state index contributed by atoms with van der Waals surface area (Å²) in [5.74, 6) is -0.603. The number of amides is 2. The van der Waals surface area contributed by atoms with Crippen LogP contribution < -0.4 is 5.73 Å². The lowest BCUT2D eigenvalue weighted by molar-refractivity contribution is -0.152. The Hall–Kier alpha value is -1.28. The Labute approximate surface area is 140 Å². The van der Waals surface area contributed by atoms with Crippen molar-refractivity contribution in [3.63, 3.8) is 0 Å². The number of hydrogen-bond donors (Lipinski definition) is 2. The summed E-state index contributed by atoms with van der Waals surface area (Å²) in [6.45, 7) is 0.973. The molecule has 0 unspecified atom stereocenters. The van der Waals surface area contributed by atoms with Crippen molar-refractivity contribution in [1.82, 2.24) is 9.80 Å². The third kappa shape index (κ3) is 3.98. The standard InChI is InChI=1S/C15H25N3O4S/c1-23-9-6-10(16)13(19)17-7-2-4-11(17)14(20)18-8-3-5-12(18)15(21)22/h10-12H,2-9,16H2,1H3,(H,21,22)/t10-,11-,12-/m0/s1. The fourth-order valence-corrected chi connectivity index (χ4v) is 3.84.